The van der Waals surface area contributed by atoms with E-state index in [1.54, 1.807) is 0 Å². The first-order valence-corrected chi connectivity index (χ1v) is 3.91. The van der Waals surface area contributed by atoms with Gasteiger partial charge in [0.1, 0.15) is 0 Å². The Labute approximate surface area is 84.8 Å². The summed E-state index contributed by atoms with van der Waals surface area (Å²) in [5.41, 5.74) is 0. The molecule has 60 valence electrons. The number of methoxy groups -OCH3 is 1. The predicted octanol–water partition coefficient (Wildman–Crippen LogP) is -2.67. The summed E-state index contributed by atoms with van der Waals surface area (Å²) in [7, 11) is 1.43. The molecule has 1 unspecified atom stereocenters. The molecule has 0 radical (unpaired) electrons. The van der Waals surface area contributed by atoms with E-state index in [2.05, 4.69) is 4.98 Å². The fraction of sp³-hybridized carbons (Fsp3) is 0.167. The molecule has 1 rings (SSSR count). The van der Waals surface area contributed by atoms with Crippen LogP contribution in [0.15, 0.2) is 23.2 Å². The van der Waals surface area contributed by atoms with Crippen LogP contribution in [0.3, 0.4) is 0 Å². The van der Waals surface area contributed by atoms with Crippen LogP contribution in [-0.4, -0.2) is 20.9 Å². The summed E-state index contributed by atoms with van der Waals surface area (Å²) in [6.45, 7) is 0. The van der Waals surface area contributed by atoms with Crippen LogP contribution in [0.25, 0.3) is 0 Å². The van der Waals surface area contributed by atoms with Crippen molar-refractivity contribution < 1.29 is 32.4 Å². The maximum absolute atomic E-state index is 10.4. The second-order valence-electron chi connectivity index (χ2n) is 1.77. The number of rotatable bonds is 2. The molecule has 6 heteroatoms. The number of hydrogen-bond donors (Lipinski definition) is 0. The van der Waals surface area contributed by atoms with Gasteiger partial charge in [-0.2, -0.15) is 0 Å². The van der Waals surface area contributed by atoms with E-state index in [1.807, 2.05) is 0 Å². The molecule has 0 aromatic carbocycles. The average Bonchev–Trinajstić information content (AvgIpc) is 2.05. The third-order valence-electron chi connectivity index (χ3n) is 1.11. The Morgan fingerprint density at radius 1 is 1.67 bits per heavy atom. The van der Waals surface area contributed by atoms with Gasteiger partial charge in [-0.05, 0) is 17.1 Å². The number of ether oxygens (including phenoxy) is 1. The molecule has 0 N–H and O–H groups in total. The molecule has 0 fully saturated rings. The van der Waals surface area contributed by atoms with Gasteiger partial charge in [0.05, 0.1) is 7.11 Å². The third kappa shape index (κ3) is 2.95. The van der Waals surface area contributed by atoms with Gasteiger partial charge < -0.3 is 9.29 Å². The summed E-state index contributed by atoms with van der Waals surface area (Å²) in [6.07, 6.45) is 1.38. The SMILES string of the molecule is COc1cc(S(=O)[O-])ccn1.[Li+]. The zero-order valence-electron chi connectivity index (χ0n) is 6.81. The second kappa shape index (κ2) is 5.33. The van der Waals surface area contributed by atoms with Crippen LogP contribution in [0.5, 0.6) is 5.88 Å². The molecule has 0 aliphatic carbocycles. The van der Waals surface area contributed by atoms with E-state index in [-0.39, 0.29) is 23.8 Å². The van der Waals surface area contributed by atoms with Gasteiger partial charge in [-0.1, -0.05) is 0 Å². The minimum Gasteiger partial charge on any atom is -0.768 e. The van der Waals surface area contributed by atoms with Crippen molar-refractivity contribution in [3.63, 3.8) is 0 Å². The molecular weight excluding hydrogens is 173 g/mol. The van der Waals surface area contributed by atoms with Gasteiger partial charge in [0.25, 0.3) is 0 Å². The molecule has 4 nitrogen and oxygen atoms in total. The van der Waals surface area contributed by atoms with Crippen LogP contribution in [0.4, 0.5) is 0 Å². The standard InChI is InChI=1S/C6H7NO3S.Li/c1-10-6-4-5(11(8)9)2-3-7-6;/h2-4H,1H3,(H,8,9);/q;+1/p-1. The number of aromatic nitrogens is 1. The molecule has 1 atom stereocenters. The van der Waals surface area contributed by atoms with E-state index < -0.39 is 11.1 Å². The van der Waals surface area contributed by atoms with Crippen molar-refractivity contribution in [3.05, 3.63) is 18.3 Å². The summed E-state index contributed by atoms with van der Waals surface area (Å²) in [5.74, 6) is 0.298. The van der Waals surface area contributed by atoms with Gasteiger partial charge in [-0.3, -0.25) is 4.21 Å². The molecule has 0 aliphatic heterocycles. The van der Waals surface area contributed by atoms with E-state index in [0.717, 1.165) is 0 Å². The Morgan fingerprint density at radius 3 is 2.83 bits per heavy atom. The largest absolute Gasteiger partial charge is 1.00 e. The van der Waals surface area contributed by atoms with Crippen molar-refractivity contribution in [2.24, 2.45) is 0 Å². The van der Waals surface area contributed by atoms with Crippen LogP contribution >= 0.6 is 0 Å². The van der Waals surface area contributed by atoms with Gasteiger partial charge in [0.2, 0.25) is 5.88 Å². The van der Waals surface area contributed by atoms with E-state index in [0.29, 0.717) is 5.88 Å². The van der Waals surface area contributed by atoms with Crippen molar-refractivity contribution in [1.29, 1.82) is 0 Å². The molecule has 1 aromatic heterocycles. The van der Waals surface area contributed by atoms with Crippen LogP contribution < -0.4 is 23.6 Å². The van der Waals surface area contributed by atoms with E-state index in [9.17, 15) is 8.76 Å². The van der Waals surface area contributed by atoms with E-state index >= 15 is 0 Å². The van der Waals surface area contributed by atoms with E-state index in [4.69, 9.17) is 4.74 Å². The fourth-order valence-electron chi connectivity index (χ4n) is 0.607. The molecule has 0 saturated heterocycles. The number of nitrogens with zero attached hydrogens (tertiary/aromatic N) is 1. The fourth-order valence-corrected chi connectivity index (χ4v) is 0.976. The van der Waals surface area contributed by atoms with Gasteiger partial charge >= 0.3 is 18.9 Å². The first kappa shape index (κ1) is 11.7. The summed E-state index contributed by atoms with van der Waals surface area (Å²) >= 11 is -2.21. The van der Waals surface area contributed by atoms with Crippen LogP contribution in [0, 0.1) is 0 Å². The van der Waals surface area contributed by atoms with Gasteiger partial charge in [0.15, 0.2) is 0 Å². The van der Waals surface area contributed by atoms with Crippen molar-refractivity contribution in [2.75, 3.05) is 7.11 Å². The predicted molar refractivity (Wildman–Crippen MR) is 38.0 cm³/mol. The minimum absolute atomic E-state index is 0. The van der Waals surface area contributed by atoms with Gasteiger partial charge in [-0.15, -0.1) is 0 Å². The average molecular weight is 179 g/mol. The summed E-state index contributed by atoms with van der Waals surface area (Å²) in [4.78, 5) is 3.92. The Balaban J connectivity index is 0.00000121. The monoisotopic (exact) mass is 179 g/mol. The summed E-state index contributed by atoms with van der Waals surface area (Å²) < 4.78 is 25.5. The maximum atomic E-state index is 10.4. The summed E-state index contributed by atoms with van der Waals surface area (Å²) in [5, 5.41) is 0. The Bertz CT molecular complexity index is 281. The van der Waals surface area contributed by atoms with Crippen molar-refractivity contribution in [3.8, 4) is 5.88 Å². The van der Waals surface area contributed by atoms with E-state index in [1.165, 1.54) is 25.4 Å². The first-order chi connectivity index (χ1) is 5.24. The topological polar surface area (TPSA) is 62.2 Å². The smallest absolute Gasteiger partial charge is 0.768 e. The van der Waals surface area contributed by atoms with Gasteiger partial charge in [-0.25, -0.2) is 4.98 Å². The first-order valence-electron chi connectivity index (χ1n) is 2.83. The molecular formula is C6H6LiNO3S. The third-order valence-corrected chi connectivity index (χ3v) is 1.75. The minimum atomic E-state index is -2.21. The quantitative estimate of drug-likeness (QED) is 0.367. The normalized spacial score (nSPS) is 11.5. The number of pyridine rings is 1. The number of hydrogen-bond acceptors (Lipinski definition) is 4. The second-order valence-corrected chi connectivity index (χ2v) is 2.71. The molecule has 0 saturated carbocycles. The van der Waals surface area contributed by atoms with Crippen molar-refractivity contribution in [1.82, 2.24) is 4.98 Å². The molecule has 12 heavy (non-hydrogen) atoms. The molecule has 1 heterocycles. The van der Waals surface area contributed by atoms with Crippen LogP contribution in [-0.2, 0) is 11.1 Å². The molecule has 0 aliphatic rings. The van der Waals surface area contributed by atoms with Crippen LogP contribution in [0.1, 0.15) is 0 Å². The Kier molecular flexibility index (Phi) is 5.18. The molecule has 1 aromatic rings. The summed E-state index contributed by atoms with van der Waals surface area (Å²) in [6, 6.07) is 2.74. The van der Waals surface area contributed by atoms with Crippen molar-refractivity contribution in [2.45, 2.75) is 4.90 Å². The zero-order chi connectivity index (χ0) is 8.27. The molecule has 0 amide bonds. The van der Waals surface area contributed by atoms with Crippen molar-refractivity contribution >= 4 is 11.1 Å². The maximum Gasteiger partial charge on any atom is 1.00 e. The van der Waals surface area contributed by atoms with Crippen LogP contribution in [0.2, 0.25) is 0 Å². The zero-order valence-corrected chi connectivity index (χ0v) is 7.63. The Hall–Kier alpha value is -0.343. The molecule has 0 spiro atoms. The Morgan fingerprint density at radius 2 is 2.33 bits per heavy atom. The van der Waals surface area contributed by atoms with Gasteiger partial charge in [0, 0.05) is 17.2 Å². The molecule has 0 bridgehead atoms.